The molecular weight excluding hydrogens is 294 g/mol. The summed E-state index contributed by atoms with van der Waals surface area (Å²) in [4.78, 5) is 28.8. The van der Waals surface area contributed by atoms with Gasteiger partial charge in [-0.05, 0) is 25.0 Å². The molecule has 122 valence electrons. The molecular formula is C17H21N3O3. The third kappa shape index (κ3) is 3.53. The predicted molar refractivity (Wildman–Crippen MR) is 88.4 cm³/mol. The smallest absolute Gasteiger partial charge is 0.317 e. The number of amides is 2. The molecule has 1 aromatic carbocycles. The number of ether oxygens (including phenoxy) is 1. The number of hydrogen-bond donors (Lipinski definition) is 2. The molecule has 1 aliphatic heterocycles. The number of rotatable bonds is 2. The van der Waals surface area contributed by atoms with Crippen LogP contribution in [0.25, 0.3) is 10.9 Å². The highest BCUT2D eigenvalue weighted by atomic mass is 16.5. The van der Waals surface area contributed by atoms with Crippen molar-refractivity contribution in [3.63, 3.8) is 0 Å². The van der Waals surface area contributed by atoms with E-state index >= 15 is 0 Å². The molecule has 1 aromatic heterocycles. The summed E-state index contributed by atoms with van der Waals surface area (Å²) in [5, 5.41) is 3.87. The summed E-state index contributed by atoms with van der Waals surface area (Å²) >= 11 is 0. The fourth-order valence-electron chi connectivity index (χ4n) is 2.89. The van der Waals surface area contributed by atoms with Gasteiger partial charge in [-0.2, -0.15) is 0 Å². The maximum absolute atomic E-state index is 12.4. The Balaban J connectivity index is 1.75. The molecule has 0 radical (unpaired) electrons. The van der Waals surface area contributed by atoms with Gasteiger partial charge in [0.05, 0.1) is 6.61 Å². The van der Waals surface area contributed by atoms with Crippen molar-refractivity contribution in [1.82, 2.24) is 15.2 Å². The first kappa shape index (κ1) is 15.6. The topological polar surface area (TPSA) is 74.4 Å². The van der Waals surface area contributed by atoms with E-state index in [9.17, 15) is 9.59 Å². The van der Waals surface area contributed by atoms with Crippen LogP contribution in [-0.4, -0.2) is 41.7 Å². The van der Waals surface area contributed by atoms with Gasteiger partial charge in [0.25, 0.3) is 0 Å². The summed E-state index contributed by atoms with van der Waals surface area (Å²) in [7, 11) is 0. The lowest BCUT2D eigenvalue weighted by atomic mass is 10.1. The number of carbonyl (C=O) groups excluding carboxylic acids is 1. The molecule has 2 heterocycles. The van der Waals surface area contributed by atoms with Crippen LogP contribution < -0.4 is 10.9 Å². The second-order valence-corrected chi connectivity index (χ2v) is 5.81. The van der Waals surface area contributed by atoms with Crippen molar-refractivity contribution in [2.45, 2.75) is 25.9 Å². The van der Waals surface area contributed by atoms with Crippen molar-refractivity contribution in [2.24, 2.45) is 0 Å². The number of aromatic amines is 1. The summed E-state index contributed by atoms with van der Waals surface area (Å²) < 4.78 is 5.41. The minimum absolute atomic E-state index is 0.118. The number of aromatic nitrogens is 1. The van der Waals surface area contributed by atoms with Gasteiger partial charge in [-0.3, -0.25) is 4.79 Å². The average Bonchev–Trinajstić information content (AvgIpc) is 2.76. The van der Waals surface area contributed by atoms with Crippen molar-refractivity contribution in [2.75, 3.05) is 19.8 Å². The minimum Gasteiger partial charge on any atom is -0.380 e. The van der Waals surface area contributed by atoms with Crippen LogP contribution in [0.15, 0.2) is 35.1 Å². The first-order valence-electron chi connectivity index (χ1n) is 7.88. The summed E-state index contributed by atoms with van der Waals surface area (Å²) in [6.45, 7) is 4.18. The lowest BCUT2D eigenvalue weighted by molar-refractivity contribution is 0.142. The van der Waals surface area contributed by atoms with E-state index in [1.165, 1.54) is 6.07 Å². The van der Waals surface area contributed by atoms with Gasteiger partial charge in [0.2, 0.25) is 5.56 Å². The number of carbonyl (C=O) groups is 1. The fourth-order valence-corrected chi connectivity index (χ4v) is 2.89. The largest absolute Gasteiger partial charge is 0.380 e. The van der Waals surface area contributed by atoms with Crippen molar-refractivity contribution < 1.29 is 9.53 Å². The SMILES string of the molecule is CC1CCOCCN1C(=O)NCc1cc(=O)[nH]c2ccccc12. The molecule has 1 saturated heterocycles. The zero-order valence-electron chi connectivity index (χ0n) is 13.2. The number of pyridine rings is 1. The number of nitrogens with zero attached hydrogens (tertiary/aromatic N) is 1. The van der Waals surface area contributed by atoms with Gasteiger partial charge in [0.1, 0.15) is 0 Å². The quantitative estimate of drug-likeness (QED) is 0.888. The van der Waals surface area contributed by atoms with Crippen molar-refractivity contribution >= 4 is 16.9 Å². The number of urea groups is 1. The molecule has 6 nitrogen and oxygen atoms in total. The molecule has 0 aliphatic carbocycles. The van der Waals surface area contributed by atoms with E-state index in [-0.39, 0.29) is 17.6 Å². The van der Waals surface area contributed by atoms with Crippen LogP contribution in [0.1, 0.15) is 18.9 Å². The number of hydrogen-bond acceptors (Lipinski definition) is 3. The van der Waals surface area contributed by atoms with E-state index < -0.39 is 0 Å². The molecule has 2 amide bonds. The Hall–Kier alpha value is -2.34. The summed E-state index contributed by atoms with van der Waals surface area (Å²) in [6.07, 6.45) is 0.835. The van der Waals surface area contributed by atoms with Crippen LogP contribution in [0.5, 0.6) is 0 Å². The Kier molecular flexibility index (Phi) is 4.62. The van der Waals surface area contributed by atoms with Crippen LogP contribution in [0.3, 0.4) is 0 Å². The summed E-state index contributed by atoms with van der Waals surface area (Å²) in [6, 6.07) is 9.16. The average molecular weight is 315 g/mol. The maximum Gasteiger partial charge on any atom is 0.317 e. The van der Waals surface area contributed by atoms with E-state index in [1.54, 1.807) is 4.90 Å². The molecule has 6 heteroatoms. The van der Waals surface area contributed by atoms with E-state index in [1.807, 2.05) is 31.2 Å². The highest BCUT2D eigenvalue weighted by Gasteiger charge is 2.22. The van der Waals surface area contributed by atoms with Crippen LogP contribution in [-0.2, 0) is 11.3 Å². The predicted octanol–water partition coefficient (Wildman–Crippen LogP) is 1.85. The van der Waals surface area contributed by atoms with Gasteiger partial charge in [-0.25, -0.2) is 4.79 Å². The van der Waals surface area contributed by atoms with E-state index in [2.05, 4.69) is 10.3 Å². The number of nitrogens with one attached hydrogen (secondary N) is 2. The third-order valence-electron chi connectivity index (χ3n) is 4.22. The number of fused-ring (bicyclic) bond motifs is 1. The van der Waals surface area contributed by atoms with Gasteiger partial charge < -0.3 is 19.9 Å². The van der Waals surface area contributed by atoms with Gasteiger partial charge >= 0.3 is 6.03 Å². The fraction of sp³-hybridized carbons (Fsp3) is 0.412. The Morgan fingerprint density at radius 3 is 3.09 bits per heavy atom. The first-order valence-corrected chi connectivity index (χ1v) is 7.88. The Morgan fingerprint density at radius 1 is 1.39 bits per heavy atom. The molecule has 1 fully saturated rings. The molecule has 1 aliphatic rings. The minimum atomic E-state index is -0.163. The van der Waals surface area contributed by atoms with Gasteiger partial charge in [-0.15, -0.1) is 0 Å². The van der Waals surface area contributed by atoms with Crippen LogP contribution in [0.4, 0.5) is 4.79 Å². The van der Waals surface area contributed by atoms with Crippen molar-refractivity contribution in [3.05, 3.63) is 46.2 Å². The molecule has 2 aromatic rings. The van der Waals surface area contributed by atoms with Crippen molar-refractivity contribution in [1.29, 1.82) is 0 Å². The number of para-hydroxylation sites is 1. The molecule has 23 heavy (non-hydrogen) atoms. The van der Waals surface area contributed by atoms with Crippen LogP contribution in [0.2, 0.25) is 0 Å². The Morgan fingerprint density at radius 2 is 2.22 bits per heavy atom. The third-order valence-corrected chi connectivity index (χ3v) is 4.22. The second-order valence-electron chi connectivity index (χ2n) is 5.81. The zero-order chi connectivity index (χ0) is 16.2. The molecule has 0 bridgehead atoms. The monoisotopic (exact) mass is 315 g/mol. The Bertz CT molecular complexity index is 756. The van der Waals surface area contributed by atoms with Crippen molar-refractivity contribution in [3.8, 4) is 0 Å². The molecule has 3 rings (SSSR count). The summed E-state index contributed by atoms with van der Waals surface area (Å²) in [5.41, 5.74) is 1.43. The molecule has 2 N–H and O–H groups in total. The number of H-pyrrole nitrogens is 1. The zero-order valence-corrected chi connectivity index (χ0v) is 13.2. The standard InChI is InChI=1S/C17H21N3O3/c1-12-6-8-23-9-7-20(12)17(22)18-11-13-10-16(21)19-15-5-3-2-4-14(13)15/h2-5,10,12H,6-9,11H2,1H3,(H,18,22)(H,19,21). The van der Waals surface area contributed by atoms with Crippen LogP contribution in [0, 0.1) is 0 Å². The van der Waals surface area contributed by atoms with E-state index in [4.69, 9.17) is 4.74 Å². The molecule has 0 saturated carbocycles. The van der Waals surface area contributed by atoms with Crippen LogP contribution >= 0.6 is 0 Å². The highest BCUT2D eigenvalue weighted by molar-refractivity contribution is 5.82. The lowest BCUT2D eigenvalue weighted by Crippen LogP contribution is -2.45. The van der Waals surface area contributed by atoms with E-state index in [0.717, 1.165) is 22.9 Å². The highest BCUT2D eigenvalue weighted by Crippen LogP contribution is 2.15. The first-order chi connectivity index (χ1) is 11.1. The number of benzene rings is 1. The summed E-state index contributed by atoms with van der Waals surface area (Å²) in [5.74, 6) is 0. The second kappa shape index (κ2) is 6.83. The van der Waals surface area contributed by atoms with E-state index in [0.29, 0.717) is 26.3 Å². The van der Waals surface area contributed by atoms with Gasteiger partial charge in [-0.1, -0.05) is 18.2 Å². The molecule has 1 atom stereocenters. The maximum atomic E-state index is 12.4. The molecule has 1 unspecified atom stereocenters. The lowest BCUT2D eigenvalue weighted by Gasteiger charge is -2.26. The normalized spacial score (nSPS) is 18.7. The van der Waals surface area contributed by atoms with Gasteiger partial charge in [0.15, 0.2) is 0 Å². The Labute approximate surface area is 134 Å². The molecule has 0 spiro atoms. The van der Waals surface area contributed by atoms with Gasteiger partial charge in [0, 0.05) is 42.7 Å².